The van der Waals surface area contributed by atoms with E-state index in [2.05, 4.69) is 26.1 Å². The maximum Gasteiger partial charge on any atom is 0.319 e. The van der Waals surface area contributed by atoms with Crippen molar-refractivity contribution in [2.45, 2.75) is 13.8 Å². The predicted molar refractivity (Wildman–Crippen MR) is 80.2 cm³/mol. The van der Waals surface area contributed by atoms with Crippen LogP contribution in [0.25, 0.3) is 0 Å². The first-order valence-electron chi connectivity index (χ1n) is 6.47. The minimum Gasteiger partial charge on any atom is -0.329 e. The Morgan fingerprint density at radius 3 is 2.48 bits per heavy atom. The van der Waals surface area contributed by atoms with Gasteiger partial charge in [-0.2, -0.15) is 5.10 Å². The van der Waals surface area contributed by atoms with Gasteiger partial charge in [0, 0.05) is 5.69 Å². The lowest BCUT2D eigenvalue weighted by Crippen LogP contribution is -2.35. The van der Waals surface area contributed by atoms with Crippen molar-refractivity contribution in [2.24, 2.45) is 0 Å². The fraction of sp³-hybridized carbons (Fsp3) is 0.214. The molecule has 0 spiro atoms. The molecular weight excluding hydrogens is 270 g/mol. The molecule has 1 heterocycles. The number of aryl methyl sites for hydroxylation is 2. The number of aromatic amines is 1. The van der Waals surface area contributed by atoms with E-state index in [-0.39, 0.29) is 12.5 Å². The number of H-pyrrole nitrogens is 1. The Balaban J connectivity index is 1.80. The molecule has 0 saturated heterocycles. The number of nitrogens with one attached hydrogen (secondary N) is 4. The zero-order valence-electron chi connectivity index (χ0n) is 11.9. The number of aromatic nitrogens is 2. The van der Waals surface area contributed by atoms with Crippen molar-refractivity contribution >= 4 is 23.3 Å². The summed E-state index contributed by atoms with van der Waals surface area (Å²) in [7, 11) is 0. The molecule has 0 saturated carbocycles. The van der Waals surface area contributed by atoms with E-state index >= 15 is 0 Å². The second-order valence-corrected chi connectivity index (χ2v) is 4.53. The zero-order chi connectivity index (χ0) is 15.2. The molecule has 0 atom stereocenters. The molecule has 7 nitrogen and oxygen atoms in total. The van der Waals surface area contributed by atoms with Crippen molar-refractivity contribution < 1.29 is 9.59 Å². The second kappa shape index (κ2) is 6.56. The standard InChI is InChI=1S/C14H17N5O2/c1-9-13(10(2)19-18-9)17-12(20)8-15-14(21)16-11-6-4-3-5-7-11/h3-7H,8H2,1-2H3,(H,17,20)(H,18,19)(H2,15,16,21). The molecule has 0 fully saturated rings. The number of para-hydroxylation sites is 1. The number of benzene rings is 1. The van der Waals surface area contributed by atoms with Crippen LogP contribution in [0.15, 0.2) is 30.3 Å². The summed E-state index contributed by atoms with van der Waals surface area (Å²) < 4.78 is 0. The minimum absolute atomic E-state index is 0.122. The predicted octanol–water partition coefficient (Wildman–Crippen LogP) is 1.79. The third-order valence-corrected chi connectivity index (χ3v) is 2.83. The fourth-order valence-electron chi connectivity index (χ4n) is 1.78. The van der Waals surface area contributed by atoms with Gasteiger partial charge in [0.25, 0.3) is 0 Å². The highest BCUT2D eigenvalue weighted by Crippen LogP contribution is 2.15. The number of nitrogens with zero attached hydrogens (tertiary/aromatic N) is 1. The molecular formula is C14H17N5O2. The molecule has 4 N–H and O–H groups in total. The Hall–Kier alpha value is -2.83. The van der Waals surface area contributed by atoms with Crippen LogP contribution in [-0.4, -0.2) is 28.7 Å². The number of carbonyl (C=O) groups is 2. The van der Waals surface area contributed by atoms with Crippen molar-refractivity contribution in [3.05, 3.63) is 41.7 Å². The highest BCUT2D eigenvalue weighted by Gasteiger charge is 2.11. The Kier molecular flexibility index (Phi) is 4.55. The number of anilines is 2. The summed E-state index contributed by atoms with van der Waals surface area (Å²) in [6, 6.07) is 8.57. The average Bonchev–Trinajstić information content (AvgIpc) is 2.78. The van der Waals surface area contributed by atoms with Crippen molar-refractivity contribution in [1.82, 2.24) is 15.5 Å². The van der Waals surface area contributed by atoms with Gasteiger partial charge in [-0.15, -0.1) is 0 Å². The number of carbonyl (C=O) groups excluding carboxylic acids is 2. The van der Waals surface area contributed by atoms with Crippen molar-refractivity contribution in [1.29, 1.82) is 0 Å². The normalized spacial score (nSPS) is 10.0. The first-order valence-corrected chi connectivity index (χ1v) is 6.47. The van der Waals surface area contributed by atoms with Crippen LogP contribution in [0.2, 0.25) is 0 Å². The molecule has 0 unspecified atom stereocenters. The molecule has 1 aromatic heterocycles. The van der Waals surface area contributed by atoms with Gasteiger partial charge in [-0.3, -0.25) is 9.89 Å². The van der Waals surface area contributed by atoms with Crippen LogP contribution in [0.5, 0.6) is 0 Å². The summed E-state index contributed by atoms with van der Waals surface area (Å²) >= 11 is 0. The highest BCUT2D eigenvalue weighted by atomic mass is 16.2. The van der Waals surface area contributed by atoms with Gasteiger partial charge in [0.05, 0.1) is 23.6 Å². The number of rotatable bonds is 4. The van der Waals surface area contributed by atoms with Crippen LogP contribution in [0.1, 0.15) is 11.4 Å². The van der Waals surface area contributed by atoms with Gasteiger partial charge in [0.1, 0.15) is 0 Å². The largest absolute Gasteiger partial charge is 0.329 e. The lowest BCUT2D eigenvalue weighted by atomic mass is 10.3. The van der Waals surface area contributed by atoms with Gasteiger partial charge in [0.2, 0.25) is 5.91 Å². The van der Waals surface area contributed by atoms with E-state index in [1.165, 1.54) is 0 Å². The SMILES string of the molecule is Cc1n[nH]c(C)c1NC(=O)CNC(=O)Nc1ccccc1. The van der Waals surface area contributed by atoms with Crippen LogP contribution in [-0.2, 0) is 4.79 Å². The van der Waals surface area contributed by atoms with Crippen LogP contribution in [0.4, 0.5) is 16.2 Å². The molecule has 2 aromatic rings. The number of hydrogen-bond donors (Lipinski definition) is 4. The van der Waals surface area contributed by atoms with Gasteiger partial charge in [0.15, 0.2) is 0 Å². The van der Waals surface area contributed by atoms with Crippen LogP contribution >= 0.6 is 0 Å². The van der Waals surface area contributed by atoms with Crippen LogP contribution in [0, 0.1) is 13.8 Å². The van der Waals surface area contributed by atoms with E-state index in [0.29, 0.717) is 17.1 Å². The van der Waals surface area contributed by atoms with E-state index in [4.69, 9.17) is 0 Å². The van der Waals surface area contributed by atoms with Crippen LogP contribution < -0.4 is 16.0 Å². The Bertz CT molecular complexity index is 617. The zero-order valence-corrected chi connectivity index (χ0v) is 11.9. The maximum absolute atomic E-state index is 11.8. The van der Waals surface area contributed by atoms with E-state index in [0.717, 1.165) is 5.69 Å². The molecule has 0 aliphatic heterocycles. The monoisotopic (exact) mass is 287 g/mol. The third-order valence-electron chi connectivity index (χ3n) is 2.83. The Labute approximate surface area is 122 Å². The summed E-state index contributed by atoms with van der Waals surface area (Å²) in [5, 5.41) is 14.6. The molecule has 0 radical (unpaired) electrons. The van der Waals surface area contributed by atoms with Gasteiger partial charge >= 0.3 is 6.03 Å². The topological polar surface area (TPSA) is 98.9 Å². The molecule has 2 rings (SSSR count). The molecule has 0 aliphatic rings. The van der Waals surface area contributed by atoms with Gasteiger partial charge in [-0.1, -0.05) is 18.2 Å². The third kappa shape index (κ3) is 4.07. The quantitative estimate of drug-likeness (QED) is 0.690. The van der Waals surface area contributed by atoms with Crippen LogP contribution in [0.3, 0.4) is 0 Å². The molecule has 0 aliphatic carbocycles. The van der Waals surface area contributed by atoms with Crippen molar-refractivity contribution in [3.8, 4) is 0 Å². The summed E-state index contributed by atoms with van der Waals surface area (Å²) in [6.07, 6.45) is 0. The van der Waals surface area contributed by atoms with E-state index in [1.807, 2.05) is 25.1 Å². The van der Waals surface area contributed by atoms with Gasteiger partial charge < -0.3 is 16.0 Å². The molecule has 0 bridgehead atoms. The Morgan fingerprint density at radius 2 is 1.86 bits per heavy atom. The number of urea groups is 1. The smallest absolute Gasteiger partial charge is 0.319 e. The van der Waals surface area contributed by atoms with Gasteiger partial charge in [-0.05, 0) is 26.0 Å². The molecule has 7 heteroatoms. The first kappa shape index (κ1) is 14.6. The van der Waals surface area contributed by atoms with Crippen molar-refractivity contribution in [3.63, 3.8) is 0 Å². The van der Waals surface area contributed by atoms with Crippen molar-refractivity contribution in [2.75, 3.05) is 17.2 Å². The Morgan fingerprint density at radius 1 is 1.14 bits per heavy atom. The highest BCUT2D eigenvalue weighted by molar-refractivity contribution is 5.97. The number of hydrogen-bond acceptors (Lipinski definition) is 3. The fourth-order valence-corrected chi connectivity index (χ4v) is 1.78. The molecule has 3 amide bonds. The summed E-state index contributed by atoms with van der Waals surface area (Å²) in [4.78, 5) is 23.4. The van der Waals surface area contributed by atoms with E-state index in [9.17, 15) is 9.59 Å². The van der Waals surface area contributed by atoms with Gasteiger partial charge in [-0.25, -0.2) is 4.79 Å². The molecule has 110 valence electrons. The second-order valence-electron chi connectivity index (χ2n) is 4.53. The summed E-state index contributed by atoms with van der Waals surface area (Å²) in [5.41, 5.74) is 2.78. The van der Waals surface area contributed by atoms with E-state index in [1.54, 1.807) is 19.1 Å². The maximum atomic E-state index is 11.8. The lowest BCUT2D eigenvalue weighted by Gasteiger charge is -2.08. The summed E-state index contributed by atoms with van der Waals surface area (Å²) in [5.74, 6) is -0.314. The molecule has 1 aromatic carbocycles. The lowest BCUT2D eigenvalue weighted by molar-refractivity contribution is -0.115. The van der Waals surface area contributed by atoms with E-state index < -0.39 is 6.03 Å². The average molecular weight is 287 g/mol. The number of amides is 3. The minimum atomic E-state index is -0.433. The first-order chi connectivity index (χ1) is 10.1. The molecule has 21 heavy (non-hydrogen) atoms. The summed E-state index contributed by atoms with van der Waals surface area (Å²) in [6.45, 7) is 3.47.